The van der Waals surface area contributed by atoms with Crippen LogP contribution >= 0.6 is 21.6 Å². The molecule has 3 aromatic carbocycles. The van der Waals surface area contributed by atoms with Crippen molar-refractivity contribution < 1.29 is 76.9 Å². The SMILES string of the molecule is CCN(CC)CCNC(=O)c1c(C)[nH]c(/C=C2\C(=O)N(C(=O)c3c(C)cccc3C(C)(C)SSCC(=O)N[C@H](C(=O)N[C@H](CCN)C(=O)N[C@H]3CCNC(=O)[C@@H]([C@@H](C)O)NC(=O)[C@@H](CCN)NC(=O)[C@@H](CCN)NC(=O)[C@@H](CC(C)C)NC(=O)[C@@H](Cc4ccccc4)NC(=O)[C@@H](CCN)NC3=O)[C@@H](C)O)c3ccc(F)cc32)c1C. The summed E-state index contributed by atoms with van der Waals surface area (Å²) in [5, 5.41) is 50.6. The fourth-order valence-electron chi connectivity index (χ4n) is 13.2. The summed E-state index contributed by atoms with van der Waals surface area (Å²) in [7, 11) is 2.19. The quantitative estimate of drug-likeness (QED) is 0.0171. The Bertz CT molecular complexity index is 4120. The van der Waals surface area contributed by atoms with Gasteiger partial charge in [0.2, 0.25) is 59.1 Å². The number of rotatable bonds is 32. The lowest BCUT2D eigenvalue weighted by atomic mass is 9.92. The Morgan fingerprint density at radius 2 is 1.27 bits per heavy atom. The topological polar surface area (TPSA) is 521 Å². The molecule has 33 nitrogen and oxygen atoms in total. The first-order chi connectivity index (χ1) is 54.0. The standard InChI is InChI=1S/C78H113FN18O15S2/c1-12-96(13-2)35-34-85-73(108)63-43(6)57(86-44(63)7)39-50-49-38-48(79)22-23-60(49)97(76(50)111)77(112)62-42(5)18-17-21-51(62)78(10,11)114-113-40-61(100)94-65(46(9)99)75(110)91-54(26-31-82)67(102)90-56-28-33-84-74(109)64(45(8)98)95-70(105)55(27-32-83)88-66(101)52(24-29-80)89-71(106)58(36-41(3)4)92-72(107)59(37-47-19-15-14-16-20-47)93-68(103)53(25-30-81)87-69(56)104/h14-23,38-39,41,45-46,52-56,58-59,64-65,86,98-99H,12-13,24-37,40,80-83H2,1-11H3,(H,84,109)(H,85,108)(H,87,104)(H,88,101)(H,89,106)(H,90,102)(H,91,110)(H,92,107)(H,93,103)(H,94,100)(H,95,105)/b50-39-/t45-,46-,52-,53-,54-,55-,56+,58-,59-,64-,65+/m1/s1. The molecule has 3 heterocycles. The van der Waals surface area contributed by atoms with E-state index in [0.717, 1.165) is 34.8 Å². The molecule has 1 fully saturated rings. The predicted octanol–water partition coefficient (Wildman–Crippen LogP) is -0.177. The van der Waals surface area contributed by atoms with Gasteiger partial charge >= 0.3 is 0 Å². The Hall–Kier alpha value is -9.66. The van der Waals surface area contributed by atoms with Crippen molar-refractivity contribution in [3.05, 3.63) is 123 Å². The largest absolute Gasteiger partial charge is 0.391 e. The number of H-pyrrole nitrogens is 1. The van der Waals surface area contributed by atoms with Crippen LogP contribution < -0.4 is 86.3 Å². The highest BCUT2D eigenvalue weighted by molar-refractivity contribution is 8.77. The minimum Gasteiger partial charge on any atom is -0.391 e. The lowest BCUT2D eigenvalue weighted by Gasteiger charge is -2.29. The van der Waals surface area contributed by atoms with Gasteiger partial charge in [-0.25, -0.2) is 9.29 Å². The first-order valence-electron chi connectivity index (χ1n) is 38.3. The maximum atomic E-state index is 15.2. The van der Waals surface area contributed by atoms with Crippen LogP contribution in [0, 0.1) is 32.5 Å². The number of nitrogens with one attached hydrogen (secondary N) is 12. The van der Waals surface area contributed by atoms with Gasteiger partial charge in [-0.05, 0) is 179 Å². The number of fused-ring (bicyclic) bond motifs is 1. The Morgan fingerprint density at radius 3 is 1.85 bits per heavy atom. The molecule has 0 bridgehead atoms. The molecular formula is C78H113FN18O15S2. The smallest absolute Gasteiger partial charge is 0.266 e. The van der Waals surface area contributed by atoms with Gasteiger partial charge in [-0.15, -0.1) is 0 Å². The van der Waals surface area contributed by atoms with Crippen molar-refractivity contribution in [2.75, 3.05) is 69.6 Å². The number of hydrogen-bond acceptors (Lipinski definition) is 22. The van der Waals surface area contributed by atoms with Crippen molar-refractivity contribution in [1.29, 1.82) is 0 Å². The van der Waals surface area contributed by atoms with E-state index in [4.69, 9.17) is 22.9 Å². The molecule has 0 radical (unpaired) electrons. The fourth-order valence-corrected chi connectivity index (χ4v) is 15.7. The van der Waals surface area contributed by atoms with Crippen molar-refractivity contribution in [1.82, 2.24) is 68.4 Å². The average molecular weight is 1630 g/mol. The van der Waals surface area contributed by atoms with E-state index in [2.05, 4.69) is 68.4 Å². The number of nitrogens with zero attached hydrogens (tertiary/aromatic N) is 2. The number of carbonyl (C=O) groups is 13. The van der Waals surface area contributed by atoms with E-state index in [0.29, 0.717) is 52.3 Å². The molecule has 0 saturated carbocycles. The maximum absolute atomic E-state index is 15.2. The minimum atomic E-state index is -1.72. The first-order valence-corrected chi connectivity index (χ1v) is 40.6. The molecule has 0 spiro atoms. The molecule has 22 N–H and O–H groups in total. The molecule has 1 aromatic heterocycles. The van der Waals surface area contributed by atoms with Crippen molar-refractivity contribution >= 4 is 116 Å². The van der Waals surface area contributed by atoms with Crippen LogP contribution in [0.4, 0.5) is 10.1 Å². The summed E-state index contributed by atoms with van der Waals surface area (Å²) in [4.78, 5) is 193. The lowest BCUT2D eigenvalue weighted by Crippen LogP contribution is -2.61. The molecule has 1 saturated heterocycles. The van der Waals surface area contributed by atoms with Crippen LogP contribution in [0.3, 0.4) is 0 Å². The van der Waals surface area contributed by atoms with E-state index in [1.807, 2.05) is 13.8 Å². The second-order valence-electron chi connectivity index (χ2n) is 29.1. The van der Waals surface area contributed by atoms with Crippen LogP contribution in [-0.2, 0) is 63.9 Å². The van der Waals surface area contributed by atoms with Crippen LogP contribution in [0.25, 0.3) is 11.6 Å². The summed E-state index contributed by atoms with van der Waals surface area (Å²) in [6.07, 6.45) is -3.24. The van der Waals surface area contributed by atoms with Gasteiger partial charge in [0.25, 0.3) is 17.7 Å². The third-order valence-corrected chi connectivity index (χ3v) is 22.5. The molecule has 13 amide bonds. The number of likely N-dealkylation sites (N-methyl/N-ethyl adjacent to an activating group) is 1. The van der Waals surface area contributed by atoms with Crippen molar-refractivity contribution in [3.8, 4) is 0 Å². The molecule has 0 unspecified atom stereocenters. The normalized spacial score (nSPS) is 20.6. The van der Waals surface area contributed by atoms with Crippen LogP contribution in [0.5, 0.6) is 0 Å². The Kier molecular flexibility index (Phi) is 36.2. The predicted molar refractivity (Wildman–Crippen MR) is 433 cm³/mol. The van der Waals surface area contributed by atoms with Crippen molar-refractivity contribution in [2.45, 2.75) is 192 Å². The van der Waals surface area contributed by atoms with E-state index in [1.54, 1.807) is 97.0 Å². The summed E-state index contributed by atoms with van der Waals surface area (Å²) < 4.78 is 14.2. The zero-order valence-corrected chi connectivity index (χ0v) is 68.1. The average Bonchev–Trinajstić information content (AvgIpc) is 1.60. The molecule has 2 aliphatic heterocycles. The van der Waals surface area contributed by atoms with E-state index in [9.17, 15) is 67.7 Å². The highest BCUT2D eigenvalue weighted by atomic mass is 33.1. The first kappa shape index (κ1) is 93.2. The summed E-state index contributed by atoms with van der Waals surface area (Å²) >= 11 is 0. The number of anilines is 1. The molecule has 624 valence electrons. The number of amides is 13. The Labute approximate surface area is 671 Å². The summed E-state index contributed by atoms with van der Waals surface area (Å²) in [5.41, 5.74) is 27.6. The number of imide groups is 1. The van der Waals surface area contributed by atoms with Crippen LogP contribution in [0.15, 0.2) is 66.7 Å². The van der Waals surface area contributed by atoms with Crippen LogP contribution in [0.1, 0.15) is 154 Å². The highest BCUT2D eigenvalue weighted by Gasteiger charge is 2.43. The zero-order valence-electron chi connectivity index (χ0n) is 66.5. The van der Waals surface area contributed by atoms with Gasteiger partial charge in [0.1, 0.15) is 60.2 Å². The Morgan fingerprint density at radius 1 is 0.693 bits per heavy atom. The van der Waals surface area contributed by atoms with E-state index in [1.165, 1.54) is 42.9 Å². The summed E-state index contributed by atoms with van der Waals surface area (Å²) in [6, 6.07) is 3.38. The number of aliphatic hydroxyl groups excluding tert-OH is 2. The molecule has 36 heteroatoms. The third-order valence-electron chi connectivity index (χ3n) is 19.4. The zero-order chi connectivity index (χ0) is 84.4. The monoisotopic (exact) mass is 1620 g/mol. The van der Waals surface area contributed by atoms with Crippen molar-refractivity contribution in [3.63, 3.8) is 0 Å². The van der Waals surface area contributed by atoms with Gasteiger partial charge < -0.3 is 102 Å². The highest BCUT2D eigenvalue weighted by Crippen LogP contribution is 2.47. The lowest BCUT2D eigenvalue weighted by molar-refractivity contribution is -0.136. The summed E-state index contributed by atoms with van der Waals surface area (Å²) in [5.74, 6) is -12.5. The van der Waals surface area contributed by atoms with Gasteiger partial charge in [0.15, 0.2) is 0 Å². The van der Waals surface area contributed by atoms with E-state index < -0.39 is 161 Å². The van der Waals surface area contributed by atoms with Gasteiger partial charge in [-0.3, -0.25) is 62.3 Å². The second-order valence-corrected chi connectivity index (χ2v) is 32.0. The minimum absolute atomic E-state index is 0.00339. The van der Waals surface area contributed by atoms with Gasteiger partial charge in [0, 0.05) is 53.3 Å². The van der Waals surface area contributed by atoms with E-state index in [-0.39, 0.29) is 105 Å². The third kappa shape index (κ3) is 25.7. The summed E-state index contributed by atoms with van der Waals surface area (Å²) in [6.45, 7) is 20.1. The molecule has 114 heavy (non-hydrogen) atoms. The molecule has 6 rings (SSSR count). The number of hydrogen-bond donors (Lipinski definition) is 18. The Balaban J connectivity index is 1.22. The number of aromatic nitrogens is 1. The van der Waals surface area contributed by atoms with Gasteiger partial charge in [-0.1, -0.05) is 97.8 Å². The second kappa shape index (κ2) is 44.3. The van der Waals surface area contributed by atoms with E-state index >= 15 is 9.18 Å². The molecular weight excluding hydrogens is 1510 g/mol. The number of halogens is 1. The number of aliphatic hydroxyl groups is 2. The fraction of sp³-hybridized carbons (Fsp3) is 0.526. The van der Waals surface area contributed by atoms with Crippen molar-refractivity contribution in [2.24, 2.45) is 28.9 Å². The number of aromatic amines is 1. The number of benzene rings is 3. The number of aryl methyl sites for hydroxylation is 2. The van der Waals surface area contributed by atoms with Crippen LogP contribution in [-0.4, -0.2) is 228 Å². The van der Waals surface area contributed by atoms with Gasteiger partial charge in [-0.2, -0.15) is 0 Å². The molecule has 0 aliphatic carbocycles. The number of nitrogens with two attached hydrogens (primary N) is 4. The van der Waals surface area contributed by atoms with Crippen LogP contribution in [0.2, 0.25) is 0 Å². The molecule has 11 atom stereocenters. The van der Waals surface area contributed by atoms with Gasteiger partial charge in [0.05, 0.1) is 34.8 Å². The molecule has 2 aliphatic rings. The number of carbonyl (C=O) groups excluding carboxylic acids is 13. The molecule has 4 aromatic rings. The maximum Gasteiger partial charge on any atom is 0.266 e.